The monoisotopic (exact) mass is 380 g/mol. The van der Waals surface area contributed by atoms with Crippen molar-refractivity contribution in [3.8, 4) is 0 Å². The van der Waals surface area contributed by atoms with Crippen LogP contribution in [0.3, 0.4) is 0 Å². The molecule has 0 saturated heterocycles. The van der Waals surface area contributed by atoms with Crippen molar-refractivity contribution >= 4 is 31.9 Å². The molecule has 0 aliphatic rings. The van der Waals surface area contributed by atoms with E-state index in [-0.39, 0.29) is 0 Å². The topological polar surface area (TPSA) is 0 Å². The van der Waals surface area contributed by atoms with Gasteiger partial charge in [-0.1, -0.05) is 109 Å². The van der Waals surface area contributed by atoms with Gasteiger partial charge in [-0.3, -0.25) is 0 Å². The van der Waals surface area contributed by atoms with Crippen molar-refractivity contribution in [1.29, 1.82) is 0 Å². The van der Waals surface area contributed by atoms with Crippen molar-refractivity contribution < 1.29 is 0 Å². The molecule has 0 spiro atoms. The Bertz CT molecular complexity index is 188. The van der Waals surface area contributed by atoms with Gasteiger partial charge in [0.1, 0.15) is 0 Å². The summed E-state index contributed by atoms with van der Waals surface area (Å²) in [5.41, 5.74) is 0. The molecule has 108 valence electrons. The first kappa shape index (κ1) is 18.7. The van der Waals surface area contributed by atoms with Gasteiger partial charge < -0.3 is 0 Å². The molecule has 0 radical (unpaired) electrons. The third-order valence-corrected chi connectivity index (χ3v) is 5.18. The fourth-order valence-corrected chi connectivity index (χ4v) is 2.70. The maximum absolute atomic E-state index is 3.52. The maximum Gasteiger partial charge on any atom is 0.00197 e. The van der Waals surface area contributed by atoms with Crippen LogP contribution in [0.25, 0.3) is 0 Å². The predicted molar refractivity (Wildman–Crippen MR) is 91.6 cm³/mol. The van der Waals surface area contributed by atoms with Gasteiger partial charge in [-0.2, -0.15) is 0 Å². The molecule has 0 nitrogen and oxygen atoms in total. The standard InChI is InChI=1S/C16H30Br2/c1-2-3-4-5-6-7-8-9-10-11-12-13-14-16(18)15-17/h15H,2-14H2,1H3/b16-15+. The third-order valence-electron chi connectivity index (χ3n) is 3.39. The molecule has 0 unspecified atom stereocenters. The van der Waals surface area contributed by atoms with E-state index in [0.717, 1.165) is 0 Å². The third kappa shape index (κ3) is 14.8. The molecule has 0 bridgehead atoms. The number of halogens is 2. The van der Waals surface area contributed by atoms with Gasteiger partial charge in [0, 0.05) is 4.48 Å². The first-order chi connectivity index (χ1) is 8.81. The lowest BCUT2D eigenvalue weighted by Crippen LogP contribution is -1.82. The average molecular weight is 382 g/mol. The zero-order valence-corrected chi connectivity index (χ0v) is 15.2. The van der Waals surface area contributed by atoms with Crippen LogP contribution >= 0.6 is 31.9 Å². The minimum absolute atomic E-state index is 1.18. The van der Waals surface area contributed by atoms with Gasteiger partial charge in [-0.15, -0.1) is 0 Å². The molecule has 0 N–H and O–H groups in total. The summed E-state index contributed by atoms with van der Waals surface area (Å²) in [5, 5.41) is 0. The summed E-state index contributed by atoms with van der Waals surface area (Å²) in [4.78, 5) is 1.98. The van der Waals surface area contributed by atoms with Crippen molar-refractivity contribution in [3.05, 3.63) is 9.47 Å². The second-order valence-corrected chi connectivity index (χ2v) is 6.67. The van der Waals surface area contributed by atoms with Crippen molar-refractivity contribution in [2.75, 3.05) is 0 Å². The molecule has 0 aliphatic heterocycles. The van der Waals surface area contributed by atoms with Crippen LogP contribution < -0.4 is 0 Å². The van der Waals surface area contributed by atoms with Crippen LogP contribution in [0.5, 0.6) is 0 Å². The van der Waals surface area contributed by atoms with Crippen molar-refractivity contribution in [3.63, 3.8) is 0 Å². The lowest BCUT2D eigenvalue weighted by molar-refractivity contribution is 0.544. The summed E-state index contributed by atoms with van der Waals surface area (Å²) < 4.78 is 1.29. The quantitative estimate of drug-likeness (QED) is 0.286. The lowest BCUT2D eigenvalue weighted by Gasteiger charge is -2.02. The van der Waals surface area contributed by atoms with Crippen LogP contribution in [0.15, 0.2) is 9.47 Å². The second-order valence-electron chi connectivity index (χ2n) is 5.20. The van der Waals surface area contributed by atoms with E-state index in [9.17, 15) is 0 Å². The van der Waals surface area contributed by atoms with Gasteiger partial charge in [0.2, 0.25) is 0 Å². The Kier molecular flexibility index (Phi) is 16.4. The van der Waals surface area contributed by atoms with Gasteiger partial charge in [0.05, 0.1) is 0 Å². The zero-order valence-electron chi connectivity index (χ0n) is 12.0. The predicted octanol–water partition coefficient (Wildman–Crippen LogP) is 7.71. The molecule has 0 aromatic heterocycles. The minimum Gasteiger partial charge on any atom is -0.0654 e. The van der Waals surface area contributed by atoms with Crippen LogP contribution in [0.2, 0.25) is 0 Å². The smallest absolute Gasteiger partial charge is 0.00197 e. The summed E-state index contributed by atoms with van der Waals surface area (Å²) in [6.07, 6.45) is 18.3. The number of unbranched alkanes of at least 4 members (excludes halogenated alkanes) is 11. The van der Waals surface area contributed by atoms with Gasteiger partial charge in [0.15, 0.2) is 0 Å². The van der Waals surface area contributed by atoms with E-state index < -0.39 is 0 Å². The van der Waals surface area contributed by atoms with E-state index >= 15 is 0 Å². The van der Waals surface area contributed by atoms with Crippen LogP contribution in [-0.4, -0.2) is 0 Å². The Balaban J connectivity index is 2.99. The SMILES string of the molecule is CCCCCCCCCCCCCC/C(Br)=C\Br. The number of hydrogen-bond acceptors (Lipinski definition) is 0. The summed E-state index contributed by atoms with van der Waals surface area (Å²) in [5.74, 6) is 0. The highest BCUT2D eigenvalue weighted by molar-refractivity contribution is 9.14. The Labute approximate surface area is 131 Å². The average Bonchev–Trinajstić information content (AvgIpc) is 2.39. The van der Waals surface area contributed by atoms with E-state index in [1.165, 1.54) is 88.0 Å². The van der Waals surface area contributed by atoms with Gasteiger partial charge in [-0.25, -0.2) is 0 Å². The van der Waals surface area contributed by atoms with E-state index in [4.69, 9.17) is 0 Å². The molecular weight excluding hydrogens is 352 g/mol. The fraction of sp³-hybridized carbons (Fsp3) is 0.875. The molecule has 0 aliphatic carbocycles. The molecule has 0 saturated carbocycles. The highest BCUT2D eigenvalue weighted by Gasteiger charge is 1.94. The molecule has 2 heteroatoms. The van der Waals surface area contributed by atoms with Crippen molar-refractivity contribution in [1.82, 2.24) is 0 Å². The minimum atomic E-state index is 1.18. The fourth-order valence-electron chi connectivity index (χ4n) is 2.19. The van der Waals surface area contributed by atoms with E-state index in [0.29, 0.717) is 0 Å². The lowest BCUT2D eigenvalue weighted by atomic mass is 10.0. The Morgan fingerprint density at radius 2 is 1.11 bits per heavy atom. The van der Waals surface area contributed by atoms with E-state index in [2.05, 4.69) is 38.8 Å². The molecule has 0 fully saturated rings. The molecule has 18 heavy (non-hydrogen) atoms. The normalized spacial score (nSPS) is 12.1. The van der Waals surface area contributed by atoms with Crippen LogP contribution in [-0.2, 0) is 0 Å². The summed E-state index contributed by atoms with van der Waals surface area (Å²) >= 11 is 6.86. The molecule has 0 atom stereocenters. The van der Waals surface area contributed by atoms with Crippen LogP contribution in [0, 0.1) is 0 Å². The van der Waals surface area contributed by atoms with E-state index in [1.54, 1.807) is 0 Å². The summed E-state index contributed by atoms with van der Waals surface area (Å²) in [6.45, 7) is 2.28. The van der Waals surface area contributed by atoms with Crippen molar-refractivity contribution in [2.45, 2.75) is 90.4 Å². The second kappa shape index (κ2) is 15.8. The first-order valence-electron chi connectivity index (χ1n) is 7.76. The van der Waals surface area contributed by atoms with E-state index in [1.807, 2.05) is 4.99 Å². The molecule has 0 aromatic rings. The van der Waals surface area contributed by atoms with Crippen LogP contribution in [0.4, 0.5) is 0 Å². The molecular formula is C16H30Br2. The maximum atomic E-state index is 3.52. The molecule has 0 rings (SSSR count). The van der Waals surface area contributed by atoms with Gasteiger partial charge in [0.25, 0.3) is 0 Å². The molecule has 0 aromatic carbocycles. The molecule has 0 heterocycles. The van der Waals surface area contributed by atoms with Gasteiger partial charge >= 0.3 is 0 Å². The summed E-state index contributed by atoms with van der Waals surface area (Å²) in [6, 6.07) is 0. The van der Waals surface area contributed by atoms with Gasteiger partial charge in [-0.05, 0) is 17.8 Å². The Morgan fingerprint density at radius 3 is 1.50 bits per heavy atom. The summed E-state index contributed by atoms with van der Waals surface area (Å²) in [7, 11) is 0. The Hall–Kier alpha value is 0.700. The highest BCUT2D eigenvalue weighted by atomic mass is 79.9. The number of allylic oxidation sites excluding steroid dienone is 1. The molecule has 0 amide bonds. The zero-order chi connectivity index (χ0) is 13.5. The first-order valence-corrected chi connectivity index (χ1v) is 9.47. The largest absolute Gasteiger partial charge is 0.0654 e. The number of hydrogen-bond donors (Lipinski definition) is 0. The Morgan fingerprint density at radius 1 is 0.722 bits per heavy atom. The number of rotatable bonds is 13. The van der Waals surface area contributed by atoms with Crippen molar-refractivity contribution in [2.24, 2.45) is 0 Å². The van der Waals surface area contributed by atoms with Crippen LogP contribution in [0.1, 0.15) is 90.4 Å². The highest BCUT2D eigenvalue weighted by Crippen LogP contribution is 2.18.